The molecule has 0 spiro atoms. The van der Waals surface area contributed by atoms with Crippen LogP contribution < -0.4 is 10.6 Å². The second-order valence-electron chi connectivity index (χ2n) is 7.55. The van der Waals surface area contributed by atoms with Gasteiger partial charge in [0.2, 0.25) is 5.91 Å². The van der Waals surface area contributed by atoms with Crippen LogP contribution in [0.5, 0.6) is 0 Å². The summed E-state index contributed by atoms with van der Waals surface area (Å²) in [6, 6.07) is 14.6. The number of hydrogen-bond acceptors (Lipinski definition) is 4. The number of carboxylic acid groups (broad SMARTS) is 1. The number of ether oxygens (including phenoxy) is 1. The van der Waals surface area contributed by atoms with E-state index in [2.05, 4.69) is 29.3 Å². The first-order valence-electron chi connectivity index (χ1n) is 10.1. The van der Waals surface area contributed by atoms with E-state index in [1.54, 1.807) is 6.92 Å². The first kappa shape index (κ1) is 22.1. The van der Waals surface area contributed by atoms with Crippen molar-refractivity contribution in [1.82, 2.24) is 10.6 Å². The highest BCUT2D eigenvalue weighted by atomic mass is 16.5. The molecule has 162 valence electrons. The molecule has 1 aliphatic carbocycles. The molecule has 31 heavy (non-hydrogen) atoms. The predicted molar refractivity (Wildman–Crippen MR) is 117 cm³/mol. The number of carboxylic acids is 1. The Morgan fingerprint density at radius 1 is 1.06 bits per heavy atom. The lowest BCUT2D eigenvalue weighted by molar-refractivity contribution is -0.137. The van der Waals surface area contributed by atoms with Crippen molar-refractivity contribution in [3.05, 3.63) is 72.3 Å². The fourth-order valence-corrected chi connectivity index (χ4v) is 3.84. The molecule has 3 rings (SSSR count). The van der Waals surface area contributed by atoms with Crippen LogP contribution in [0, 0.1) is 0 Å². The number of fused-ring (bicyclic) bond motifs is 3. The van der Waals surface area contributed by atoms with Crippen molar-refractivity contribution < 1.29 is 24.2 Å². The molecule has 0 radical (unpaired) electrons. The van der Waals surface area contributed by atoms with Crippen LogP contribution in [0.3, 0.4) is 0 Å². The van der Waals surface area contributed by atoms with Crippen LogP contribution in [0.2, 0.25) is 0 Å². The first-order valence-corrected chi connectivity index (χ1v) is 10.1. The summed E-state index contributed by atoms with van der Waals surface area (Å²) in [5.41, 5.74) is 4.45. The van der Waals surface area contributed by atoms with E-state index in [1.165, 1.54) is 6.08 Å². The third-order valence-electron chi connectivity index (χ3n) is 5.22. The minimum absolute atomic E-state index is 0.0829. The summed E-state index contributed by atoms with van der Waals surface area (Å²) in [6.45, 7) is 5.33. The molecule has 0 saturated carbocycles. The highest BCUT2D eigenvalue weighted by Crippen LogP contribution is 2.44. The van der Waals surface area contributed by atoms with Crippen molar-refractivity contribution in [2.45, 2.75) is 37.8 Å². The van der Waals surface area contributed by atoms with Gasteiger partial charge in [0.15, 0.2) is 0 Å². The molecule has 0 heterocycles. The van der Waals surface area contributed by atoms with Crippen molar-refractivity contribution in [3.8, 4) is 11.1 Å². The van der Waals surface area contributed by atoms with Gasteiger partial charge in [0.1, 0.15) is 12.6 Å². The van der Waals surface area contributed by atoms with Crippen LogP contribution in [0.25, 0.3) is 11.1 Å². The third-order valence-corrected chi connectivity index (χ3v) is 5.22. The van der Waals surface area contributed by atoms with Crippen LogP contribution >= 0.6 is 0 Å². The maximum Gasteiger partial charge on any atom is 0.407 e. The van der Waals surface area contributed by atoms with E-state index < -0.39 is 30.1 Å². The van der Waals surface area contributed by atoms with E-state index in [-0.39, 0.29) is 25.4 Å². The normalized spacial score (nSPS) is 14.0. The van der Waals surface area contributed by atoms with E-state index in [9.17, 15) is 14.4 Å². The summed E-state index contributed by atoms with van der Waals surface area (Å²) in [6.07, 6.45) is 0.776. The quantitative estimate of drug-likeness (QED) is 0.537. The summed E-state index contributed by atoms with van der Waals surface area (Å²) >= 11 is 0. The number of carbonyl (C=O) groups is 3. The van der Waals surface area contributed by atoms with Gasteiger partial charge in [-0.05, 0) is 35.6 Å². The fourth-order valence-electron chi connectivity index (χ4n) is 3.84. The van der Waals surface area contributed by atoms with Gasteiger partial charge in [-0.1, -0.05) is 54.6 Å². The largest absolute Gasteiger partial charge is 0.481 e. The molecule has 7 nitrogen and oxygen atoms in total. The minimum Gasteiger partial charge on any atom is -0.481 e. The summed E-state index contributed by atoms with van der Waals surface area (Å²) in [4.78, 5) is 35.7. The molecular formula is C24H26N2O5. The van der Waals surface area contributed by atoms with Gasteiger partial charge in [-0.3, -0.25) is 9.59 Å². The van der Waals surface area contributed by atoms with Crippen LogP contribution in [-0.4, -0.2) is 41.8 Å². The average molecular weight is 422 g/mol. The highest BCUT2D eigenvalue weighted by molar-refractivity contribution is 5.86. The Morgan fingerprint density at radius 2 is 1.65 bits per heavy atom. The second-order valence-corrected chi connectivity index (χ2v) is 7.55. The molecule has 2 amide bonds. The Balaban J connectivity index is 1.62. The van der Waals surface area contributed by atoms with Gasteiger partial charge < -0.3 is 20.5 Å². The van der Waals surface area contributed by atoms with Gasteiger partial charge in [0.05, 0.1) is 6.42 Å². The van der Waals surface area contributed by atoms with Crippen molar-refractivity contribution in [3.63, 3.8) is 0 Å². The molecule has 0 saturated heterocycles. The molecule has 0 fully saturated rings. The maximum atomic E-state index is 12.4. The van der Waals surface area contributed by atoms with E-state index in [1.807, 2.05) is 36.4 Å². The van der Waals surface area contributed by atoms with Crippen molar-refractivity contribution in [1.29, 1.82) is 0 Å². The van der Waals surface area contributed by atoms with Gasteiger partial charge in [0, 0.05) is 12.0 Å². The second kappa shape index (κ2) is 9.93. The number of carbonyl (C=O) groups excluding carboxylic acids is 2. The van der Waals surface area contributed by atoms with Crippen LogP contribution in [0.15, 0.2) is 61.2 Å². The SMILES string of the molecule is C=CCC(NC(=O)OCC1c2ccccc2-c2ccccc21)C(=O)N[C@H](C)CC(=O)O. The van der Waals surface area contributed by atoms with Crippen molar-refractivity contribution in [2.24, 2.45) is 0 Å². The molecule has 0 aliphatic heterocycles. The Morgan fingerprint density at radius 3 is 2.19 bits per heavy atom. The smallest absolute Gasteiger partial charge is 0.407 e. The summed E-state index contributed by atoms with van der Waals surface area (Å²) in [5, 5.41) is 14.0. The lowest BCUT2D eigenvalue weighted by Crippen LogP contribution is -2.49. The Kier molecular flexibility index (Phi) is 7.07. The monoisotopic (exact) mass is 422 g/mol. The van der Waals surface area contributed by atoms with Gasteiger partial charge in [-0.15, -0.1) is 6.58 Å². The fraction of sp³-hybridized carbons (Fsp3) is 0.292. The highest BCUT2D eigenvalue weighted by Gasteiger charge is 2.29. The Labute approximate surface area is 181 Å². The van der Waals surface area contributed by atoms with Crippen LogP contribution in [-0.2, 0) is 14.3 Å². The third kappa shape index (κ3) is 5.31. The molecule has 2 aromatic carbocycles. The average Bonchev–Trinajstić information content (AvgIpc) is 3.05. The number of aliphatic carboxylic acids is 1. The summed E-state index contributed by atoms with van der Waals surface area (Å²) in [7, 11) is 0. The lowest BCUT2D eigenvalue weighted by Gasteiger charge is -2.20. The van der Waals surface area contributed by atoms with E-state index >= 15 is 0 Å². The first-order chi connectivity index (χ1) is 14.9. The van der Waals surface area contributed by atoms with Crippen molar-refractivity contribution in [2.75, 3.05) is 6.61 Å². The molecular weight excluding hydrogens is 396 g/mol. The summed E-state index contributed by atoms with van der Waals surface area (Å²) in [5.74, 6) is -1.58. The van der Waals surface area contributed by atoms with Gasteiger partial charge >= 0.3 is 12.1 Å². The van der Waals surface area contributed by atoms with Gasteiger partial charge in [-0.2, -0.15) is 0 Å². The molecule has 1 aliphatic rings. The maximum absolute atomic E-state index is 12.4. The summed E-state index contributed by atoms with van der Waals surface area (Å²) < 4.78 is 5.48. The Bertz CT molecular complexity index is 942. The van der Waals surface area contributed by atoms with E-state index in [0.29, 0.717) is 0 Å². The minimum atomic E-state index is -1.02. The standard InChI is InChI=1S/C24H26N2O5/c1-3-8-21(23(29)25-15(2)13-22(27)28)26-24(30)31-14-20-18-11-6-4-9-16(18)17-10-5-7-12-19(17)20/h3-7,9-12,15,20-21H,1,8,13-14H2,2H3,(H,25,29)(H,26,30)(H,27,28)/t15-,21?/m1/s1. The lowest BCUT2D eigenvalue weighted by atomic mass is 9.98. The predicted octanol–water partition coefficient (Wildman–Crippen LogP) is 3.45. The molecule has 7 heteroatoms. The van der Waals surface area contributed by atoms with E-state index in [0.717, 1.165) is 22.3 Å². The molecule has 0 aromatic heterocycles. The zero-order chi connectivity index (χ0) is 22.4. The topological polar surface area (TPSA) is 105 Å². The van der Waals surface area contributed by atoms with Crippen LogP contribution in [0.1, 0.15) is 36.8 Å². The number of hydrogen-bond donors (Lipinski definition) is 3. The Hall–Kier alpha value is -3.61. The number of rotatable bonds is 9. The molecule has 3 N–H and O–H groups in total. The van der Waals surface area contributed by atoms with E-state index in [4.69, 9.17) is 9.84 Å². The van der Waals surface area contributed by atoms with Gasteiger partial charge in [-0.25, -0.2) is 4.79 Å². The zero-order valence-corrected chi connectivity index (χ0v) is 17.3. The van der Waals surface area contributed by atoms with Crippen molar-refractivity contribution >= 4 is 18.0 Å². The number of nitrogens with one attached hydrogen (secondary N) is 2. The molecule has 0 bridgehead atoms. The number of amides is 2. The molecule has 1 unspecified atom stereocenters. The van der Waals surface area contributed by atoms with Crippen LogP contribution in [0.4, 0.5) is 4.79 Å². The zero-order valence-electron chi connectivity index (χ0n) is 17.3. The molecule has 2 aromatic rings. The number of alkyl carbamates (subject to hydrolysis) is 1. The molecule has 2 atom stereocenters. The van der Waals surface area contributed by atoms with Gasteiger partial charge in [0.25, 0.3) is 0 Å². The number of benzene rings is 2.